The van der Waals surface area contributed by atoms with Crippen LogP contribution in [0, 0.1) is 0 Å². The number of aliphatic carboxylic acids is 1. The number of carboxylic acids is 1. The lowest BCUT2D eigenvalue weighted by molar-refractivity contribution is -0.139. The molecule has 5 nitrogen and oxygen atoms in total. The van der Waals surface area contributed by atoms with Gasteiger partial charge in [0.1, 0.15) is 0 Å². The molecule has 1 rings (SSSR count). The Bertz CT molecular complexity index is 503. The highest BCUT2D eigenvalue weighted by Gasteiger charge is 2.27. The van der Waals surface area contributed by atoms with Crippen molar-refractivity contribution < 1.29 is 14.7 Å². The fourth-order valence-electron chi connectivity index (χ4n) is 2.21. The van der Waals surface area contributed by atoms with Crippen LogP contribution in [-0.4, -0.2) is 35.1 Å². The molecular weight excluding hydrogens is 292 g/mol. The van der Waals surface area contributed by atoms with Gasteiger partial charge in [0, 0.05) is 23.7 Å². The predicted octanol–water partition coefficient (Wildman–Crippen LogP) is 3.30. The van der Waals surface area contributed by atoms with E-state index in [0.29, 0.717) is 10.6 Å². The molecule has 0 saturated carbocycles. The Hall–Kier alpha value is -1.75. The van der Waals surface area contributed by atoms with Crippen LogP contribution in [0.2, 0.25) is 5.02 Å². The van der Waals surface area contributed by atoms with E-state index in [1.807, 2.05) is 13.8 Å². The summed E-state index contributed by atoms with van der Waals surface area (Å²) < 4.78 is 0. The van der Waals surface area contributed by atoms with E-state index in [4.69, 9.17) is 11.6 Å². The van der Waals surface area contributed by atoms with Crippen LogP contribution in [0.25, 0.3) is 0 Å². The molecule has 0 fully saturated rings. The molecule has 2 amide bonds. The minimum Gasteiger partial charge on any atom is -0.479 e. The number of carboxylic acid groups (broad SMARTS) is 1. The number of carbonyl (C=O) groups excluding carboxylic acids is 1. The molecule has 0 aliphatic carbocycles. The Labute approximate surface area is 129 Å². The van der Waals surface area contributed by atoms with Gasteiger partial charge in [-0.25, -0.2) is 9.59 Å². The first-order valence-electron chi connectivity index (χ1n) is 6.92. The zero-order valence-electron chi connectivity index (χ0n) is 12.5. The highest BCUT2D eigenvalue weighted by molar-refractivity contribution is 6.31. The zero-order valence-corrected chi connectivity index (χ0v) is 13.2. The van der Waals surface area contributed by atoms with Crippen molar-refractivity contribution in [2.75, 3.05) is 7.05 Å². The number of nitrogens with one attached hydrogen (secondary N) is 1. The van der Waals surface area contributed by atoms with Gasteiger partial charge in [-0.15, -0.1) is 0 Å². The number of urea groups is 1. The van der Waals surface area contributed by atoms with Crippen LogP contribution >= 0.6 is 11.6 Å². The third-order valence-corrected chi connectivity index (χ3v) is 3.89. The first-order chi connectivity index (χ1) is 9.92. The molecule has 0 radical (unpaired) electrons. The van der Waals surface area contributed by atoms with E-state index in [2.05, 4.69) is 5.32 Å². The second kappa shape index (κ2) is 7.88. The average molecular weight is 313 g/mol. The van der Waals surface area contributed by atoms with E-state index in [9.17, 15) is 14.7 Å². The van der Waals surface area contributed by atoms with Gasteiger partial charge >= 0.3 is 12.0 Å². The van der Waals surface area contributed by atoms with Crippen LogP contribution in [0.1, 0.15) is 38.3 Å². The highest BCUT2D eigenvalue weighted by atomic mass is 35.5. The van der Waals surface area contributed by atoms with Crippen molar-refractivity contribution in [3.8, 4) is 0 Å². The first-order valence-corrected chi connectivity index (χ1v) is 7.30. The Morgan fingerprint density at radius 3 is 2.33 bits per heavy atom. The largest absolute Gasteiger partial charge is 0.479 e. The summed E-state index contributed by atoms with van der Waals surface area (Å²) in [5.41, 5.74) is 0.373. The smallest absolute Gasteiger partial charge is 0.331 e. The van der Waals surface area contributed by atoms with Crippen molar-refractivity contribution in [2.24, 2.45) is 0 Å². The summed E-state index contributed by atoms with van der Waals surface area (Å²) in [5.74, 6) is -1.14. The standard InChI is InChI=1S/C15H21ClN2O3/c1-4-10(5-2)18(3)15(21)17-13(14(19)20)11-8-6-7-9-12(11)16/h6-10,13H,4-5H2,1-3H3,(H,17,21)(H,19,20)/t13-/m1/s1. The van der Waals surface area contributed by atoms with Gasteiger partial charge in [0.2, 0.25) is 0 Å². The van der Waals surface area contributed by atoms with Gasteiger partial charge < -0.3 is 15.3 Å². The number of amides is 2. The van der Waals surface area contributed by atoms with E-state index in [-0.39, 0.29) is 6.04 Å². The van der Waals surface area contributed by atoms with Gasteiger partial charge in [-0.2, -0.15) is 0 Å². The third-order valence-electron chi connectivity index (χ3n) is 3.54. The van der Waals surface area contributed by atoms with E-state index in [1.54, 1.807) is 31.3 Å². The fraction of sp³-hybridized carbons (Fsp3) is 0.467. The van der Waals surface area contributed by atoms with Crippen LogP contribution in [0.15, 0.2) is 24.3 Å². The molecule has 1 aromatic carbocycles. The minimum absolute atomic E-state index is 0.0747. The highest BCUT2D eigenvalue weighted by Crippen LogP contribution is 2.23. The topological polar surface area (TPSA) is 69.6 Å². The predicted molar refractivity (Wildman–Crippen MR) is 82.5 cm³/mol. The van der Waals surface area contributed by atoms with Crippen LogP contribution < -0.4 is 5.32 Å². The normalized spacial score (nSPS) is 12.0. The lowest BCUT2D eigenvalue weighted by Crippen LogP contribution is -2.46. The monoisotopic (exact) mass is 312 g/mol. The molecule has 0 heterocycles. The molecule has 0 aliphatic rings. The van der Waals surface area contributed by atoms with Crippen molar-refractivity contribution >= 4 is 23.6 Å². The Morgan fingerprint density at radius 2 is 1.86 bits per heavy atom. The number of hydrogen-bond donors (Lipinski definition) is 2. The molecule has 0 aliphatic heterocycles. The van der Waals surface area contributed by atoms with E-state index < -0.39 is 18.0 Å². The molecule has 6 heteroatoms. The van der Waals surface area contributed by atoms with Crippen LogP contribution in [0.5, 0.6) is 0 Å². The van der Waals surface area contributed by atoms with E-state index in [0.717, 1.165) is 12.8 Å². The van der Waals surface area contributed by atoms with Crippen LogP contribution in [0.3, 0.4) is 0 Å². The van der Waals surface area contributed by atoms with Crippen molar-refractivity contribution in [1.82, 2.24) is 10.2 Å². The van der Waals surface area contributed by atoms with Gasteiger partial charge in [0.25, 0.3) is 0 Å². The van der Waals surface area contributed by atoms with Crippen molar-refractivity contribution in [2.45, 2.75) is 38.8 Å². The zero-order chi connectivity index (χ0) is 16.0. The second-order valence-electron chi connectivity index (χ2n) is 4.82. The first kappa shape index (κ1) is 17.3. The summed E-state index contributed by atoms with van der Waals surface area (Å²) in [6, 6.07) is 5.09. The summed E-state index contributed by atoms with van der Waals surface area (Å²) in [6.07, 6.45) is 1.62. The van der Waals surface area contributed by atoms with Gasteiger partial charge in [-0.3, -0.25) is 0 Å². The molecule has 1 atom stereocenters. The molecule has 1 aromatic rings. The molecule has 0 spiro atoms. The van der Waals surface area contributed by atoms with Crippen molar-refractivity contribution in [1.29, 1.82) is 0 Å². The third kappa shape index (κ3) is 4.36. The summed E-state index contributed by atoms with van der Waals surface area (Å²) in [5, 5.41) is 12.2. The molecule has 2 N–H and O–H groups in total. The van der Waals surface area contributed by atoms with Crippen LogP contribution in [0.4, 0.5) is 4.79 Å². The van der Waals surface area contributed by atoms with Crippen molar-refractivity contribution in [3.63, 3.8) is 0 Å². The number of hydrogen-bond acceptors (Lipinski definition) is 2. The summed E-state index contributed by atoms with van der Waals surface area (Å²) in [7, 11) is 1.67. The van der Waals surface area contributed by atoms with Gasteiger partial charge in [-0.1, -0.05) is 43.6 Å². The fourth-order valence-corrected chi connectivity index (χ4v) is 2.45. The number of halogens is 1. The molecular formula is C15H21ClN2O3. The maximum absolute atomic E-state index is 12.2. The maximum atomic E-state index is 12.2. The lowest BCUT2D eigenvalue weighted by atomic mass is 10.1. The summed E-state index contributed by atoms with van der Waals surface area (Å²) >= 11 is 6.01. The number of nitrogens with zero attached hydrogens (tertiary/aromatic N) is 1. The second-order valence-corrected chi connectivity index (χ2v) is 5.23. The average Bonchev–Trinajstić information content (AvgIpc) is 2.46. The molecule has 116 valence electrons. The van der Waals surface area contributed by atoms with Gasteiger partial charge in [0.05, 0.1) is 0 Å². The quantitative estimate of drug-likeness (QED) is 0.846. The van der Waals surface area contributed by atoms with E-state index in [1.165, 1.54) is 4.90 Å². The minimum atomic E-state index is -1.16. The molecule has 0 aromatic heterocycles. The molecule has 0 unspecified atom stereocenters. The number of rotatable bonds is 6. The Morgan fingerprint density at radius 1 is 1.29 bits per heavy atom. The molecule has 21 heavy (non-hydrogen) atoms. The number of benzene rings is 1. The van der Waals surface area contributed by atoms with Gasteiger partial charge in [-0.05, 0) is 18.9 Å². The summed E-state index contributed by atoms with van der Waals surface area (Å²) in [4.78, 5) is 25.2. The maximum Gasteiger partial charge on any atom is 0.331 e. The number of carbonyl (C=O) groups is 2. The SMILES string of the molecule is CCC(CC)N(C)C(=O)N[C@@H](C(=O)O)c1ccccc1Cl. The lowest BCUT2D eigenvalue weighted by Gasteiger charge is -2.28. The molecule has 0 saturated heterocycles. The molecule has 0 bridgehead atoms. The van der Waals surface area contributed by atoms with Crippen molar-refractivity contribution in [3.05, 3.63) is 34.9 Å². The van der Waals surface area contributed by atoms with E-state index >= 15 is 0 Å². The Balaban J connectivity index is 2.92. The summed E-state index contributed by atoms with van der Waals surface area (Å²) in [6.45, 7) is 3.97. The van der Waals surface area contributed by atoms with Gasteiger partial charge in [0.15, 0.2) is 6.04 Å². The Kier molecular flexibility index (Phi) is 6.49. The van der Waals surface area contributed by atoms with Crippen LogP contribution in [-0.2, 0) is 4.79 Å².